The molecule has 2 N–H and O–H groups in total. The third-order valence-electron chi connectivity index (χ3n) is 4.80. The largest absolute Gasteiger partial charge is 0.497 e. The van der Waals surface area contributed by atoms with E-state index >= 15 is 0 Å². The first-order valence-corrected chi connectivity index (χ1v) is 11.7. The van der Waals surface area contributed by atoms with E-state index in [9.17, 15) is 9.59 Å². The number of carbonyl (C=O) groups is 2. The summed E-state index contributed by atoms with van der Waals surface area (Å²) >= 11 is 4.78. The number of ether oxygens (including phenoxy) is 2. The Balaban J connectivity index is 1.41. The van der Waals surface area contributed by atoms with Gasteiger partial charge in [0.05, 0.1) is 27.7 Å². The van der Waals surface area contributed by atoms with Crippen molar-refractivity contribution in [2.24, 2.45) is 4.99 Å². The normalized spacial score (nSPS) is 15.4. The Labute approximate surface area is 208 Å². The molecule has 1 aliphatic heterocycles. The fourth-order valence-electron chi connectivity index (χ4n) is 3.03. The monoisotopic (exact) mass is 538 g/mol. The van der Waals surface area contributed by atoms with Gasteiger partial charge in [0.2, 0.25) is 0 Å². The zero-order valence-electron chi connectivity index (χ0n) is 17.9. The third-order valence-corrected chi connectivity index (χ3v) is 6.33. The van der Waals surface area contributed by atoms with Gasteiger partial charge in [-0.15, -0.1) is 0 Å². The van der Waals surface area contributed by atoms with Gasteiger partial charge in [-0.3, -0.25) is 4.79 Å². The lowest BCUT2D eigenvalue weighted by Gasteiger charge is -2.09. The smallest absolute Gasteiger partial charge is 0.335 e. The summed E-state index contributed by atoms with van der Waals surface area (Å²) in [5, 5.41) is 12.3. The summed E-state index contributed by atoms with van der Waals surface area (Å²) in [5.41, 5.74) is 2.62. The molecule has 34 heavy (non-hydrogen) atoms. The minimum absolute atomic E-state index is 0.210. The number of amides is 1. The van der Waals surface area contributed by atoms with Crippen molar-refractivity contribution in [3.63, 3.8) is 0 Å². The van der Waals surface area contributed by atoms with Gasteiger partial charge >= 0.3 is 5.97 Å². The highest BCUT2D eigenvalue weighted by Gasteiger charge is 2.24. The lowest BCUT2D eigenvalue weighted by atomic mass is 10.1. The van der Waals surface area contributed by atoms with Crippen LogP contribution in [0.1, 0.15) is 21.5 Å². The van der Waals surface area contributed by atoms with E-state index in [0.29, 0.717) is 28.1 Å². The Morgan fingerprint density at radius 3 is 2.50 bits per heavy atom. The predicted molar refractivity (Wildman–Crippen MR) is 136 cm³/mol. The molecule has 0 aliphatic carbocycles. The average Bonchev–Trinajstić information content (AvgIpc) is 3.17. The van der Waals surface area contributed by atoms with Gasteiger partial charge in [0.15, 0.2) is 5.17 Å². The molecular weight excluding hydrogens is 520 g/mol. The Morgan fingerprint density at radius 2 is 1.85 bits per heavy atom. The number of carbonyl (C=O) groups excluding carboxylic acids is 1. The summed E-state index contributed by atoms with van der Waals surface area (Å²) in [6.07, 6.45) is 1.79. The van der Waals surface area contributed by atoms with Crippen LogP contribution in [0.25, 0.3) is 6.08 Å². The molecule has 0 radical (unpaired) electrons. The van der Waals surface area contributed by atoms with Crippen LogP contribution < -0.4 is 14.8 Å². The molecule has 0 saturated carbocycles. The molecule has 3 aromatic carbocycles. The van der Waals surface area contributed by atoms with E-state index in [1.165, 1.54) is 11.8 Å². The molecule has 1 aliphatic rings. The van der Waals surface area contributed by atoms with E-state index < -0.39 is 5.97 Å². The molecule has 9 heteroatoms. The van der Waals surface area contributed by atoms with Gasteiger partial charge in [0, 0.05) is 0 Å². The standard InChI is InChI=1S/C25H19BrN2O5S/c1-32-19-9-7-18(8-10-19)27-25-28-23(29)22(34-25)13-16-4-11-21(20(26)12-16)33-14-15-2-5-17(6-3-15)24(30)31/h2-13H,14H2,1H3,(H,30,31)(H,27,28,29)/b22-13+. The molecule has 0 aromatic heterocycles. The Hall–Kier alpha value is -3.56. The van der Waals surface area contributed by atoms with Crippen LogP contribution in [0.2, 0.25) is 0 Å². The maximum atomic E-state index is 12.4. The maximum absolute atomic E-state index is 12.4. The number of carboxylic acids is 1. The van der Waals surface area contributed by atoms with Gasteiger partial charge < -0.3 is 19.9 Å². The molecular formula is C25H19BrN2O5S. The molecule has 0 spiro atoms. The zero-order valence-corrected chi connectivity index (χ0v) is 20.4. The first kappa shape index (κ1) is 23.6. The Kier molecular flexibility index (Phi) is 7.34. The molecule has 1 fully saturated rings. The number of carboxylic acid groups (broad SMARTS) is 1. The fourth-order valence-corrected chi connectivity index (χ4v) is 4.39. The van der Waals surface area contributed by atoms with Crippen molar-refractivity contribution < 1.29 is 24.2 Å². The van der Waals surface area contributed by atoms with Crippen LogP contribution >= 0.6 is 27.7 Å². The minimum Gasteiger partial charge on any atom is -0.497 e. The van der Waals surface area contributed by atoms with Crippen molar-refractivity contribution in [2.75, 3.05) is 7.11 Å². The van der Waals surface area contributed by atoms with Crippen molar-refractivity contribution in [3.05, 3.63) is 92.8 Å². The van der Waals surface area contributed by atoms with Crippen LogP contribution in [0.15, 0.2) is 81.1 Å². The van der Waals surface area contributed by atoms with E-state index in [0.717, 1.165) is 21.3 Å². The van der Waals surface area contributed by atoms with Crippen molar-refractivity contribution in [1.82, 2.24) is 5.32 Å². The predicted octanol–water partition coefficient (Wildman–Crippen LogP) is 5.63. The van der Waals surface area contributed by atoms with Gasteiger partial charge in [0.1, 0.15) is 18.1 Å². The summed E-state index contributed by atoms with van der Waals surface area (Å²) in [6, 6.07) is 19.3. The lowest BCUT2D eigenvalue weighted by molar-refractivity contribution is -0.115. The van der Waals surface area contributed by atoms with Crippen LogP contribution in [0.4, 0.5) is 5.69 Å². The highest BCUT2D eigenvalue weighted by Crippen LogP contribution is 2.31. The van der Waals surface area contributed by atoms with Crippen molar-refractivity contribution in [2.45, 2.75) is 6.61 Å². The van der Waals surface area contributed by atoms with Crippen molar-refractivity contribution >= 4 is 56.5 Å². The van der Waals surface area contributed by atoms with Crippen LogP contribution in [0.3, 0.4) is 0 Å². The Morgan fingerprint density at radius 1 is 1.12 bits per heavy atom. The first-order valence-electron chi connectivity index (χ1n) is 10.1. The van der Waals surface area contributed by atoms with E-state index in [2.05, 4.69) is 26.2 Å². The average molecular weight is 539 g/mol. The minimum atomic E-state index is -0.965. The lowest BCUT2D eigenvalue weighted by Crippen LogP contribution is -2.19. The highest BCUT2D eigenvalue weighted by molar-refractivity contribution is 9.10. The zero-order chi connectivity index (χ0) is 24.1. The molecule has 7 nitrogen and oxygen atoms in total. The van der Waals surface area contributed by atoms with Gasteiger partial charge in [-0.05, 0) is 93.4 Å². The molecule has 4 rings (SSSR count). The van der Waals surface area contributed by atoms with Gasteiger partial charge in [-0.1, -0.05) is 18.2 Å². The van der Waals surface area contributed by atoms with Gasteiger partial charge in [-0.25, -0.2) is 9.79 Å². The van der Waals surface area contributed by atoms with Crippen LogP contribution in [-0.2, 0) is 11.4 Å². The van der Waals surface area contributed by atoms with Crippen LogP contribution in [-0.4, -0.2) is 29.3 Å². The number of nitrogens with zero attached hydrogens (tertiary/aromatic N) is 1. The van der Waals surface area contributed by atoms with E-state index in [4.69, 9.17) is 14.6 Å². The summed E-state index contributed by atoms with van der Waals surface area (Å²) in [7, 11) is 1.60. The first-order chi connectivity index (χ1) is 16.4. The second-order valence-corrected chi connectivity index (χ2v) is 9.05. The van der Waals surface area contributed by atoms with E-state index in [1.54, 1.807) is 37.5 Å². The number of hydrogen-bond acceptors (Lipinski definition) is 6. The van der Waals surface area contributed by atoms with Crippen LogP contribution in [0, 0.1) is 0 Å². The number of hydrogen-bond donors (Lipinski definition) is 2. The topological polar surface area (TPSA) is 97.2 Å². The SMILES string of the molecule is COc1ccc(N=C2NC(=O)/C(=C\c3ccc(OCc4ccc(C(=O)O)cc4)c(Br)c3)S2)cc1. The van der Waals surface area contributed by atoms with Crippen LogP contribution in [0.5, 0.6) is 11.5 Å². The fraction of sp³-hybridized carbons (Fsp3) is 0.0800. The number of rotatable bonds is 7. The molecule has 1 heterocycles. The number of aromatic carboxylic acids is 1. The number of benzene rings is 3. The maximum Gasteiger partial charge on any atom is 0.335 e. The third kappa shape index (κ3) is 5.86. The number of aliphatic imine (C=N–C) groups is 1. The number of nitrogens with one attached hydrogen (secondary N) is 1. The van der Waals surface area contributed by atoms with Gasteiger partial charge in [0.25, 0.3) is 5.91 Å². The molecule has 0 bridgehead atoms. The summed E-state index contributed by atoms with van der Waals surface area (Å²) < 4.78 is 11.7. The second-order valence-electron chi connectivity index (χ2n) is 7.16. The number of halogens is 1. The summed E-state index contributed by atoms with van der Waals surface area (Å²) in [5.74, 6) is 0.197. The molecule has 0 unspecified atom stereocenters. The summed E-state index contributed by atoms with van der Waals surface area (Å²) in [6.45, 7) is 0.294. The second kappa shape index (κ2) is 10.6. The van der Waals surface area contributed by atoms with Crippen molar-refractivity contribution in [3.8, 4) is 11.5 Å². The molecule has 0 atom stereocenters. The number of amidine groups is 1. The highest BCUT2D eigenvalue weighted by atomic mass is 79.9. The van der Waals surface area contributed by atoms with Crippen molar-refractivity contribution in [1.29, 1.82) is 0 Å². The van der Waals surface area contributed by atoms with E-state index in [-0.39, 0.29) is 11.5 Å². The van der Waals surface area contributed by atoms with E-state index in [1.807, 2.05) is 42.5 Å². The Bertz CT molecular complexity index is 1290. The molecule has 3 aromatic rings. The molecule has 1 saturated heterocycles. The number of thioether (sulfide) groups is 1. The summed E-state index contributed by atoms with van der Waals surface area (Å²) in [4.78, 5) is 28.3. The quantitative estimate of drug-likeness (QED) is 0.378. The van der Waals surface area contributed by atoms with Gasteiger partial charge in [-0.2, -0.15) is 0 Å². The number of methoxy groups -OCH3 is 1. The molecule has 1 amide bonds. The molecule has 172 valence electrons.